The Morgan fingerprint density at radius 3 is 2.81 bits per heavy atom. The molecule has 0 spiro atoms. The highest BCUT2D eigenvalue weighted by atomic mass is 32.1. The van der Waals surface area contributed by atoms with Crippen LogP contribution in [0.5, 0.6) is 0 Å². The molecule has 1 aromatic carbocycles. The SMILES string of the molecule is NC(=S)c1ccc(F)c(COC2CCC2)c1. The summed E-state index contributed by atoms with van der Waals surface area (Å²) in [5.41, 5.74) is 6.70. The molecular weight excluding hydrogens is 225 g/mol. The van der Waals surface area contributed by atoms with Gasteiger partial charge in [0.2, 0.25) is 0 Å². The molecule has 0 atom stereocenters. The topological polar surface area (TPSA) is 35.2 Å². The molecule has 1 aliphatic rings. The fourth-order valence-electron chi connectivity index (χ4n) is 1.58. The molecule has 1 aromatic rings. The van der Waals surface area contributed by atoms with Gasteiger partial charge in [-0.3, -0.25) is 0 Å². The molecule has 2 nitrogen and oxygen atoms in total. The van der Waals surface area contributed by atoms with Crippen LogP contribution in [-0.4, -0.2) is 11.1 Å². The minimum Gasteiger partial charge on any atom is -0.389 e. The van der Waals surface area contributed by atoms with E-state index in [0.29, 0.717) is 23.8 Å². The van der Waals surface area contributed by atoms with Gasteiger partial charge in [0.25, 0.3) is 0 Å². The highest BCUT2D eigenvalue weighted by molar-refractivity contribution is 7.80. The van der Waals surface area contributed by atoms with Crippen LogP contribution >= 0.6 is 12.2 Å². The third-order valence-electron chi connectivity index (χ3n) is 2.86. The summed E-state index contributed by atoms with van der Waals surface area (Å²) in [6.45, 7) is 0.299. The Balaban J connectivity index is 2.05. The predicted molar refractivity (Wildman–Crippen MR) is 64.7 cm³/mol. The van der Waals surface area contributed by atoms with Crippen LogP contribution in [0.1, 0.15) is 30.4 Å². The Kier molecular flexibility index (Phi) is 3.51. The first kappa shape index (κ1) is 11.5. The zero-order chi connectivity index (χ0) is 11.5. The van der Waals surface area contributed by atoms with E-state index in [1.807, 2.05) is 0 Å². The summed E-state index contributed by atoms with van der Waals surface area (Å²) in [7, 11) is 0. The zero-order valence-electron chi connectivity index (χ0n) is 8.91. The van der Waals surface area contributed by atoms with Crippen molar-refractivity contribution in [3.05, 3.63) is 35.1 Å². The van der Waals surface area contributed by atoms with Crippen LogP contribution in [0.15, 0.2) is 18.2 Å². The highest BCUT2D eigenvalue weighted by Gasteiger charge is 2.18. The number of thiocarbonyl (C=S) groups is 1. The molecule has 0 heterocycles. The van der Waals surface area contributed by atoms with Gasteiger partial charge in [0, 0.05) is 11.1 Å². The Morgan fingerprint density at radius 1 is 1.50 bits per heavy atom. The minimum absolute atomic E-state index is 0.265. The molecule has 1 saturated carbocycles. The lowest BCUT2D eigenvalue weighted by molar-refractivity contribution is -0.00976. The summed E-state index contributed by atoms with van der Waals surface area (Å²) in [4.78, 5) is 0.282. The summed E-state index contributed by atoms with van der Waals surface area (Å²) < 4.78 is 19.0. The van der Waals surface area contributed by atoms with E-state index >= 15 is 0 Å². The minimum atomic E-state index is -0.265. The molecule has 4 heteroatoms. The third kappa shape index (κ3) is 2.57. The third-order valence-corrected chi connectivity index (χ3v) is 3.09. The van der Waals surface area contributed by atoms with Gasteiger partial charge >= 0.3 is 0 Å². The van der Waals surface area contributed by atoms with Crippen molar-refractivity contribution in [1.82, 2.24) is 0 Å². The predicted octanol–water partition coefficient (Wildman–Crippen LogP) is 2.53. The number of hydrogen-bond donors (Lipinski definition) is 1. The highest BCUT2D eigenvalue weighted by Crippen LogP contribution is 2.23. The molecule has 2 N–H and O–H groups in total. The Hall–Kier alpha value is -1.00. The second-order valence-corrected chi connectivity index (χ2v) is 4.47. The Morgan fingerprint density at radius 2 is 2.25 bits per heavy atom. The number of halogens is 1. The first-order chi connectivity index (χ1) is 7.66. The van der Waals surface area contributed by atoms with Gasteiger partial charge in [0.15, 0.2) is 0 Å². The lowest BCUT2D eigenvalue weighted by atomic mass is 9.96. The molecule has 0 aromatic heterocycles. The van der Waals surface area contributed by atoms with Crippen molar-refractivity contribution in [1.29, 1.82) is 0 Å². The maximum atomic E-state index is 13.4. The maximum absolute atomic E-state index is 13.4. The van der Waals surface area contributed by atoms with Gasteiger partial charge in [-0.2, -0.15) is 0 Å². The van der Waals surface area contributed by atoms with Gasteiger partial charge in [-0.1, -0.05) is 12.2 Å². The van der Waals surface area contributed by atoms with Crippen LogP contribution in [0.4, 0.5) is 4.39 Å². The van der Waals surface area contributed by atoms with E-state index in [9.17, 15) is 4.39 Å². The lowest BCUT2D eigenvalue weighted by Crippen LogP contribution is -2.21. The molecule has 0 unspecified atom stereocenters. The first-order valence-corrected chi connectivity index (χ1v) is 5.77. The monoisotopic (exact) mass is 239 g/mol. The lowest BCUT2D eigenvalue weighted by Gasteiger charge is -2.25. The zero-order valence-corrected chi connectivity index (χ0v) is 9.73. The number of hydrogen-bond acceptors (Lipinski definition) is 2. The van der Waals surface area contributed by atoms with Crippen molar-refractivity contribution in [2.45, 2.75) is 32.0 Å². The summed E-state index contributed by atoms with van der Waals surface area (Å²) in [5.74, 6) is -0.265. The van der Waals surface area contributed by atoms with E-state index in [1.165, 1.54) is 12.5 Å². The van der Waals surface area contributed by atoms with Gasteiger partial charge in [0.1, 0.15) is 10.8 Å². The molecule has 86 valence electrons. The summed E-state index contributed by atoms with van der Waals surface area (Å²) in [6, 6.07) is 4.63. The van der Waals surface area contributed by atoms with E-state index in [1.54, 1.807) is 12.1 Å². The number of rotatable bonds is 4. The van der Waals surface area contributed by atoms with Crippen molar-refractivity contribution in [3.8, 4) is 0 Å². The molecule has 1 fully saturated rings. The van der Waals surface area contributed by atoms with E-state index < -0.39 is 0 Å². The Bertz CT molecular complexity index is 404. The van der Waals surface area contributed by atoms with Crippen molar-refractivity contribution in [2.75, 3.05) is 0 Å². The maximum Gasteiger partial charge on any atom is 0.128 e. The van der Waals surface area contributed by atoms with E-state index in [2.05, 4.69) is 0 Å². The molecule has 0 bridgehead atoms. The molecular formula is C12H14FNOS. The van der Waals surface area contributed by atoms with Crippen LogP contribution in [0.3, 0.4) is 0 Å². The molecule has 1 aliphatic carbocycles. The molecule has 0 saturated heterocycles. The molecule has 0 amide bonds. The number of ether oxygens (including phenoxy) is 1. The van der Waals surface area contributed by atoms with Crippen LogP contribution in [0.2, 0.25) is 0 Å². The smallest absolute Gasteiger partial charge is 0.128 e. The average molecular weight is 239 g/mol. The quantitative estimate of drug-likeness (QED) is 0.820. The molecule has 0 aliphatic heterocycles. The number of benzene rings is 1. The van der Waals surface area contributed by atoms with E-state index in [-0.39, 0.29) is 10.8 Å². The fraction of sp³-hybridized carbons (Fsp3) is 0.417. The molecule has 0 radical (unpaired) electrons. The fourth-order valence-corrected chi connectivity index (χ4v) is 1.71. The van der Waals surface area contributed by atoms with Gasteiger partial charge in [-0.15, -0.1) is 0 Å². The normalized spacial score (nSPS) is 15.8. The van der Waals surface area contributed by atoms with Crippen LogP contribution in [0, 0.1) is 5.82 Å². The average Bonchev–Trinajstić information content (AvgIpc) is 2.18. The Labute approximate surface area is 99.6 Å². The second kappa shape index (κ2) is 4.89. The molecule has 16 heavy (non-hydrogen) atoms. The van der Waals surface area contributed by atoms with E-state index in [4.69, 9.17) is 22.7 Å². The van der Waals surface area contributed by atoms with Gasteiger partial charge in [-0.25, -0.2) is 4.39 Å². The summed E-state index contributed by atoms with van der Waals surface area (Å²) in [6.07, 6.45) is 3.67. The van der Waals surface area contributed by atoms with Gasteiger partial charge in [0.05, 0.1) is 12.7 Å². The van der Waals surface area contributed by atoms with Crippen LogP contribution in [0.25, 0.3) is 0 Å². The standard InChI is InChI=1S/C12H14FNOS/c13-11-5-4-8(12(14)16)6-9(11)7-15-10-2-1-3-10/h4-6,10H,1-3,7H2,(H2,14,16). The summed E-state index contributed by atoms with van der Waals surface area (Å²) >= 11 is 4.85. The van der Waals surface area contributed by atoms with Gasteiger partial charge in [-0.05, 0) is 37.5 Å². The van der Waals surface area contributed by atoms with Crippen molar-refractivity contribution in [2.24, 2.45) is 5.73 Å². The van der Waals surface area contributed by atoms with E-state index in [0.717, 1.165) is 12.8 Å². The van der Waals surface area contributed by atoms with Gasteiger partial charge < -0.3 is 10.5 Å². The summed E-state index contributed by atoms with van der Waals surface area (Å²) in [5, 5.41) is 0. The van der Waals surface area contributed by atoms with Crippen LogP contribution in [-0.2, 0) is 11.3 Å². The number of nitrogens with two attached hydrogens (primary N) is 1. The van der Waals surface area contributed by atoms with Crippen molar-refractivity contribution < 1.29 is 9.13 Å². The first-order valence-electron chi connectivity index (χ1n) is 5.36. The van der Waals surface area contributed by atoms with Crippen LogP contribution < -0.4 is 5.73 Å². The van der Waals surface area contributed by atoms with Crippen molar-refractivity contribution in [3.63, 3.8) is 0 Å². The second-order valence-electron chi connectivity index (χ2n) is 4.03. The molecule has 2 rings (SSSR count). The largest absolute Gasteiger partial charge is 0.389 e. The van der Waals surface area contributed by atoms with Crippen molar-refractivity contribution >= 4 is 17.2 Å².